The molecule has 0 radical (unpaired) electrons. The molecule has 9 heteroatoms. The Morgan fingerprint density at radius 2 is 1.76 bits per heavy atom. The number of nitrogens with one attached hydrogen (secondary N) is 1. The molecule has 2 aromatic carbocycles. The molecule has 1 saturated heterocycles. The first-order chi connectivity index (χ1) is 17.8. The predicted octanol–water partition coefficient (Wildman–Crippen LogP) is 4.01. The fourth-order valence-corrected chi connectivity index (χ4v) is 5.19. The van der Waals surface area contributed by atoms with E-state index >= 15 is 0 Å². The van der Waals surface area contributed by atoms with Gasteiger partial charge in [-0.2, -0.15) is 0 Å². The normalized spacial score (nSPS) is 14.3. The van der Waals surface area contributed by atoms with Crippen LogP contribution in [0.15, 0.2) is 42.6 Å². The van der Waals surface area contributed by atoms with Crippen LogP contribution in [0.2, 0.25) is 5.02 Å². The van der Waals surface area contributed by atoms with Crippen molar-refractivity contribution in [3.05, 3.63) is 58.7 Å². The first kappa shape index (κ1) is 26.8. The highest BCUT2D eigenvalue weighted by Crippen LogP contribution is 2.40. The Labute approximate surface area is 223 Å². The number of methoxy groups -OCH3 is 2. The standard InChI is InChI=1S/C28H35ClN4O4/c1-31(2)15-12-30-26(34)18-33-17-22(21-9-8-20(29)16-23(21)33)28(35)32-13-10-19(11-14-32)27-24(36-3)6-5-7-25(27)37-4/h5-9,16-17,19H,10-15,18H2,1-4H3,(H,30,34). The molecule has 0 bridgehead atoms. The van der Waals surface area contributed by atoms with E-state index in [1.54, 1.807) is 32.5 Å². The number of fused-ring (bicyclic) bond motifs is 1. The van der Waals surface area contributed by atoms with Crippen LogP contribution in [0, 0.1) is 0 Å². The van der Waals surface area contributed by atoms with Crippen molar-refractivity contribution in [2.24, 2.45) is 0 Å². The van der Waals surface area contributed by atoms with Crippen molar-refractivity contribution in [3.8, 4) is 11.5 Å². The Kier molecular flexibility index (Phi) is 8.61. The molecule has 1 aromatic heterocycles. The van der Waals surface area contributed by atoms with Crippen LogP contribution in [0.1, 0.15) is 34.7 Å². The monoisotopic (exact) mass is 526 g/mol. The molecule has 2 heterocycles. The number of likely N-dealkylation sites (tertiary alicyclic amines) is 1. The van der Waals surface area contributed by atoms with E-state index in [-0.39, 0.29) is 24.3 Å². The van der Waals surface area contributed by atoms with Crippen molar-refractivity contribution < 1.29 is 19.1 Å². The summed E-state index contributed by atoms with van der Waals surface area (Å²) in [6.07, 6.45) is 3.40. The summed E-state index contributed by atoms with van der Waals surface area (Å²) in [5.41, 5.74) is 2.42. The summed E-state index contributed by atoms with van der Waals surface area (Å²) in [6.45, 7) is 2.67. The Morgan fingerprint density at radius 3 is 2.38 bits per heavy atom. The molecule has 1 fully saturated rings. The lowest BCUT2D eigenvalue weighted by Crippen LogP contribution is -2.38. The van der Waals surface area contributed by atoms with Gasteiger partial charge in [-0.3, -0.25) is 9.59 Å². The summed E-state index contributed by atoms with van der Waals surface area (Å²) in [5, 5.41) is 4.29. The van der Waals surface area contributed by atoms with Crippen molar-refractivity contribution in [2.45, 2.75) is 25.3 Å². The van der Waals surface area contributed by atoms with E-state index in [0.717, 1.165) is 47.4 Å². The summed E-state index contributed by atoms with van der Waals surface area (Å²) in [5.74, 6) is 1.72. The van der Waals surface area contributed by atoms with Crippen molar-refractivity contribution in [3.63, 3.8) is 0 Å². The van der Waals surface area contributed by atoms with Gasteiger partial charge in [0, 0.05) is 48.3 Å². The summed E-state index contributed by atoms with van der Waals surface area (Å²) < 4.78 is 13.0. The molecular weight excluding hydrogens is 492 g/mol. The molecule has 3 aromatic rings. The van der Waals surface area contributed by atoms with Gasteiger partial charge in [-0.15, -0.1) is 0 Å². The highest BCUT2D eigenvalue weighted by atomic mass is 35.5. The molecule has 1 aliphatic heterocycles. The number of carbonyl (C=O) groups excluding carboxylic acids is 2. The lowest BCUT2D eigenvalue weighted by Gasteiger charge is -2.33. The fraction of sp³-hybridized carbons (Fsp3) is 0.429. The number of likely N-dealkylation sites (N-methyl/N-ethyl adjacent to an activating group) is 1. The topological polar surface area (TPSA) is 76.0 Å². The van der Waals surface area contributed by atoms with Crippen molar-refractivity contribution in [1.82, 2.24) is 19.7 Å². The van der Waals surface area contributed by atoms with Gasteiger partial charge in [-0.1, -0.05) is 23.7 Å². The van der Waals surface area contributed by atoms with Crippen molar-refractivity contribution in [1.29, 1.82) is 0 Å². The number of hydrogen-bond donors (Lipinski definition) is 1. The third kappa shape index (κ3) is 6.02. The minimum atomic E-state index is -0.107. The van der Waals surface area contributed by atoms with E-state index < -0.39 is 0 Å². The van der Waals surface area contributed by atoms with Gasteiger partial charge in [0.15, 0.2) is 0 Å². The van der Waals surface area contributed by atoms with Crippen LogP contribution in [0.4, 0.5) is 0 Å². The van der Waals surface area contributed by atoms with Gasteiger partial charge in [-0.05, 0) is 57.1 Å². The largest absolute Gasteiger partial charge is 0.496 e. The number of piperidine rings is 1. The summed E-state index contributed by atoms with van der Waals surface area (Å²) in [6, 6.07) is 11.3. The molecule has 198 valence electrons. The molecule has 0 spiro atoms. The highest BCUT2D eigenvalue weighted by Gasteiger charge is 2.30. The summed E-state index contributed by atoms with van der Waals surface area (Å²) in [7, 11) is 7.26. The smallest absolute Gasteiger partial charge is 0.256 e. The van der Waals surface area contributed by atoms with E-state index in [2.05, 4.69) is 5.32 Å². The number of carbonyl (C=O) groups is 2. The minimum Gasteiger partial charge on any atom is -0.496 e. The molecule has 0 aliphatic carbocycles. The van der Waals surface area contributed by atoms with Gasteiger partial charge in [0.2, 0.25) is 5.91 Å². The molecule has 0 atom stereocenters. The summed E-state index contributed by atoms with van der Waals surface area (Å²) in [4.78, 5) is 30.1. The molecule has 1 N–H and O–H groups in total. The number of aromatic nitrogens is 1. The third-order valence-corrected chi connectivity index (χ3v) is 7.16. The van der Waals surface area contributed by atoms with E-state index in [0.29, 0.717) is 30.2 Å². The molecule has 2 amide bonds. The van der Waals surface area contributed by atoms with Gasteiger partial charge in [0.05, 0.1) is 25.3 Å². The Hall–Kier alpha value is -3.23. The van der Waals surface area contributed by atoms with Crippen LogP contribution in [-0.4, -0.2) is 80.7 Å². The van der Waals surface area contributed by atoms with Gasteiger partial charge < -0.3 is 29.2 Å². The Bertz CT molecular complexity index is 1240. The molecular formula is C28H35ClN4O4. The second kappa shape index (κ2) is 11.9. The van der Waals surface area contributed by atoms with E-state index in [1.807, 2.05) is 52.7 Å². The fourth-order valence-electron chi connectivity index (χ4n) is 5.02. The first-order valence-electron chi connectivity index (χ1n) is 12.5. The maximum atomic E-state index is 13.7. The molecule has 4 rings (SSSR count). The minimum absolute atomic E-state index is 0.0375. The number of benzene rings is 2. The maximum Gasteiger partial charge on any atom is 0.256 e. The third-order valence-electron chi connectivity index (χ3n) is 6.93. The van der Waals surface area contributed by atoms with Gasteiger partial charge >= 0.3 is 0 Å². The van der Waals surface area contributed by atoms with Crippen molar-refractivity contribution >= 4 is 34.3 Å². The van der Waals surface area contributed by atoms with Crippen LogP contribution in [0.25, 0.3) is 10.9 Å². The zero-order valence-electron chi connectivity index (χ0n) is 21.9. The van der Waals surface area contributed by atoms with Crippen LogP contribution in [-0.2, 0) is 11.3 Å². The van der Waals surface area contributed by atoms with Crippen LogP contribution in [0.3, 0.4) is 0 Å². The van der Waals surface area contributed by atoms with Crippen molar-refractivity contribution in [2.75, 3.05) is 54.5 Å². The van der Waals surface area contributed by atoms with E-state index in [4.69, 9.17) is 21.1 Å². The zero-order chi connectivity index (χ0) is 26.5. The van der Waals surface area contributed by atoms with Gasteiger partial charge in [0.1, 0.15) is 18.0 Å². The lowest BCUT2D eigenvalue weighted by molar-refractivity contribution is -0.121. The highest BCUT2D eigenvalue weighted by molar-refractivity contribution is 6.31. The predicted molar refractivity (Wildman–Crippen MR) is 146 cm³/mol. The Morgan fingerprint density at radius 1 is 1.08 bits per heavy atom. The molecule has 8 nitrogen and oxygen atoms in total. The van der Waals surface area contributed by atoms with Gasteiger partial charge in [0.25, 0.3) is 5.91 Å². The SMILES string of the molecule is COc1cccc(OC)c1C1CCN(C(=O)c2cn(CC(=O)NCCN(C)C)c3cc(Cl)ccc23)CC1. The van der Waals surface area contributed by atoms with E-state index in [9.17, 15) is 9.59 Å². The van der Waals surface area contributed by atoms with Crippen LogP contribution in [0.5, 0.6) is 11.5 Å². The zero-order valence-corrected chi connectivity index (χ0v) is 22.7. The molecule has 1 aliphatic rings. The number of nitrogens with zero attached hydrogens (tertiary/aromatic N) is 3. The molecule has 37 heavy (non-hydrogen) atoms. The number of halogens is 1. The van der Waals surface area contributed by atoms with E-state index in [1.165, 1.54) is 0 Å². The average molecular weight is 527 g/mol. The maximum absolute atomic E-state index is 13.7. The van der Waals surface area contributed by atoms with Crippen LogP contribution >= 0.6 is 11.6 Å². The number of amides is 2. The molecule has 0 saturated carbocycles. The number of rotatable bonds is 9. The summed E-state index contributed by atoms with van der Waals surface area (Å²) >= 11 is 6.27. The second-order valence-corrected chi connectivity index (χ2v) is 10.1. The quantitative estimate of drug-likeness (QED) is 0.456. The second-order valence-electron chi connectivity index (χ2n) is 9.63. The lowest BCUT2D eigenvalue weighted by atomic mass is 9.88. The number of ether oxygens (including phenoxy) is 2. The number of hydrogen-bond acceptors (Lipinski definition) is 5. The average Bonchev–Trinajstić information content (AvgIpc) is 3.24. The molecule has 0 unspecified atom stereocenters. The van der Waals surface area contributed by atoms with Crippen LogP contribution < -0.4 is 14.8 Å². The first-order valence-corrected chi connectivity index (χ1v) is 12.9. The van der Waals surface area contributed by atoms with Gasteiger partial charge in [-0.25, -0.2) is 0 Å². The Balaban J connectivity index is 1.51.